The van der Waals surface area contributed by atoms with Crippen molar-refractivity contribution in [2.45, 2.75) is 88.1 Å². The standard InChI is InChI=1S/C26H39N9O7S/c1-13(2)7-16-23(38)35(24(39)25(42-16)34-12-31-20-21(27)29-11-30-22(20)34)41-9-14(36)8-28-18(37)6-4-3-5-17-19-15(10-43-17)32-26(40)33-19/h11-13,15-17,19,23-25,38-39H,3-10H2,1-2H3,(H,28,37)(H2,27,29,30)(H2,32,33,40)/t15-,16+,17?,19-,23?,24?,25+/m0/s1. The van der Waals surface area contributed by atoms with Gasteiger partial charge in [-0.15, -0.1) is 5.06 Å². The Bertz CT molecular complexity index is 1310. The third-order valence-corrected chi connectivity index (χ3v) is 9.23. The van der Waals surface area contributed by atoms with Crippen LogP contribution in [0.4, 0.5) is 10.6 Å². The van der Waals surface area contributed by atoms with Crippen LogP contribution in [0.2, 0.25) is 0 Å². The zero-order valence-corrected chi connectivity index (χ0v) is 24.9. The van der Waals surface area contributed by atoms with Gasteiger partial charge in [0, 0.05) is 17.4 Å². The first-order chi connectivity index (χ1) is 20.6. The van der Waals surface area contributed by atoms with Gasteiger partial charge in [-0.05, 0) is 25.2 Å². The number of hydrogen-bond donors (Lipinski definition) is 6. The molecule has 16 nitrogen and oxygen atoms in total. The maximum Gasteiger partial charge on any atom is 0.315 e. The maximum atomic E-state index is 12.6. The van der Waals surface area contributed by atoms with Gasteiger partial charge in [0.2, 0.25) is 5.91 Å². The SMILES string of the molecule is CC(C)C[C@H]1O[C@@H](n2cnc3c(N)ncnc32)C(O)N(OCC(=O)CNC(=O)CCCCC2SC[C@@H]3NC(=O)N[C@H]23)C1O. The monoisotopic (exact) mass is 621 g/mol. The number of imidazole rings is 1. The fourth-order valence-corrected chi connectivity index (χ4v) is 7.13. The van der Waals surface area contributed by atoms with Gasteiger partial charge in [-0.25, -0.2) is 19.7 Å². The van der Waals surface area contributed by atoms with Gasteiger partial charge in [-0.3, -0.25) is 19.0 Å². The molecule has 0 saturated carbocycles. The van der Waals surface area contributed by atoms with Crippen molar-refractivity contribution in [3.05, 3.63) is 12.7 Å². The van der Waals surface area contributed by atoms with Gasteiger partial charge in [-0.1, -0.05) is 20.3 Å². The number of fused-ring (bicyclic) bond motifs is 2. The lowest BCUT2D eigenvalue weighted by Gasteiger charge is -2.44. The molecule has 5 rings (SSSR count). The average molecular weight is 622 g/mol. The number of nitrogens with two attached hydrogens (primary N) is 1. The lowest BCUT2D eigenvalue weighted by molar-refractivity contribution is -0.386. The second-order valence-electron chi connectivity index (χ2n) is 11.4. The number of nitrogen functional groups attached to an aromatic ring is 1. The number of thioether (sulfide) groups is 1. The number of carbonyl (C=O) groups excluding carboxylic acids is 3. The van der Waals surface area contributed by atoms with E-state index in [1.54, 1.807) is 0 Å². The minimum atomic E-state index is -1.53. The summed E-state index contributed by atoms with van der Waals surface area (Å²) in [6.45, 7) is 3.18. The largest absolute Gasteiger partial charge is 0.382 e. The Hall–Kier alpha value is -3.09. The van der Waals surface area contributed by atoms with Gasteiger partial charge >= 0.3 is 6.03 Å². The van der Waals surface area contributed by atoms with E-state index in [9.17, 15) is 24.6 Å². The number of anilines is 1. The first-order valence-corrected chi connectivity index (χ1v) is 15.5. The minimum Gasteiger partial charge on any atom is -0.382 e. The number of nitrogens with zero attached hydrogens (tertiary/aromatic N) is 5. The Kier molecular flexibility index (Phi) is 9.98. The third kappa shape index (κ3) is 7.18. The highest BCUT2D eigenvalue weighted by Crippen LogP contribution is 2.34. The van der Waals surface area contributed by atoms with Gasteiger partial charge in [0.1, 0.15) is 24.6 Å². The Morgan fingerprint density at radius 3 is 2.84 bits per heavy atom. The molecule has 0 bridgehead atoms. The summed E-state index contributed by atoms with van der Waals surface area (Å²) in [5.74, 6) is 0.499. The van der Waals surface area contributed by atoms with Gasteiger partial charge in [0.25, 0.3) is 0 Å². The molecule has 7 atom stereocenters. The molecule has 3 aliphatic heterocycles. The summed E-state index contributed by atoms with van der Waals surface area (Å²) in [6, 6.07) is 0.189. The van der Waals surface area contributed by atoms with Crippen molar-refractivity contribution < 1.29 is 34.2 Å². The van der Waals surface area contributed by atoms with Crippen molar-refractivity contribution in [1.82, 2.24) is 40.5 Å². The van der Waals surface area contributed by atoms with E-state index in [1.807, 2.05) is 25.6 Å². The molecule has 3 amide bonds. The number of aliphatic hydroxyl groups is 2. The number of hydrogen-bond acceptors (Lipinski definition) is 13. The van der Waals surface area contributed by atoms with E-state index in [1.165, 1.54) is 17.2 Å². The molecular weight excluding hydrogens is 582 g/mol. The predicted octanol–water partition coefficient (Wildman–Crippen LogP) is -0.366. The van der Waals surface area contributed by atoms with Crippen LogP contribution in [0.25, 0.3) is 11.2 Å². The molecule has 0 aliphatic carbocycles. The molecule has 3 unspecified atom stereocenters. The quantitative estimate of drug-likeness (QED) is 0.124. The molecule has 236 valence electrons. The maximum absolute atomic E-state index is 12.6. The zero-order chi connectivity index (χ0) is 30.7. The number of ether oxygens (including phenoxy) is 1. The number of morpholine rings is 1. The molecule has 43 heavy (non-hydrogen) atoms. The normalized spacial score (nSPS) is 29.0. The van der Waals surface area contributed by atoms with Crippen LogP contribution < -0.4 is 21.7 Å². The van der Waals surface area contributed by atoms with Crippen LogP contribution in [-0.4, -0.2) is 107 Å². The lowest BCUT2D eigenvalue weighted by atomic mass is 10.0. The van der Waals surface area contributed by atoms with E-state index < -0.39 is 37.2 Å². The van der Waals surface area contributed by atoms with Crippen LogP contribution in [0.3, 0.4) is 0 Å². The Morgan fingerprint density at radius 1 is 1.23 bits per heavy atom. The van der Waals surface area contributed by atoms with E-state index >= 15 is 0 Å². The van der Waals surface area contributed by atoms with Crippen LogP contribution in [-0.2, 0) is 19.2 Å². The Morgan fingerprint density at radius 2 is 2.05 bits per heavy atom. The van der Waals surface area contributed by atoms with E-state index in [0.29, 0.717) is 29.3 Å². The first kappa shape index (κ1) is 31.3. The number of aliphatic hydroxyl groups excluding tert-OH is 2. The van der Waals surface area contributed by atoms with Crippen LogP contribution in [0.1, 0.15) is 52.2 Å². The van der Waals surface area contributed by atoms with Gasteiger partial charge in [0.15, 0.2) is 35.9 Å². The summed E-state index contributed by atoms with van der Waals surface area (Å²) in [5, 5.41) is 31.8. The summed E-state index contributed by atoms with van der Waals surface area (Å²) in [7, 11) is 0. The van der Waals surface area contributed by atoms with E-state index in [0.717, 1.165) is 23.7 Å². The molecule has 2 aromatic heterocycles. The van der Waals surface area contributed by atoms with Crippen molar-refractivity contribution in [3.63, 3.8) is 0 Å². The van der Waals surface area contributed by atoms with Gasteiger partial charge < -0.3 is 36.6 Å². The second-order valence-corrected chi connectivity index (χ2v) is 12.7. The highest BCUT2D eigenvalue weighted by Gasteiger charge is 2.45. The van der Waals surface area contributed by atoms with E-state index in [4.69, 9.17) is 15.3 Å². The van der Waals surface area contributed by atoms with E-state index in [-0.39, 0.29) is 48.7 Å². The summed E-state index contributed by atoms with van der Waals surface area (Å²) >= 11 is 1.83. The van der Waals surface area contributed by atoms with Crippen molar-refractivity contribution in [3.8, 4) is 0 Å². The summed E-state index contributed by atoms with van der Waals surface area (Å²) in [5.41, 5.74) is 6.55. The minimum absolute atomic E-state index is 0.117. The zero-order valence-electron chi connectivity index (χ0n) is 24.1. The lowest BCUT2D eigenvalue weighted by Crippen LogP contribution is -2.59. The highest BCUT2D eigenvalue weighted by molar-refractivity contribution is 8.00. The van der Waals surface area contributed by atoms with Crippen molar-refractivity contribution in [2.24, 2.45) is 5.92 Å². The number of aromatic nitrogens is 4. The number of unbranched alkanes of at least 4 members (excludes halogenated alkanes) is 1. The Balaban J connectivity index is 1.09. The number of amides is 3. The topological polar surface area (TPSA) is 219 Å². The van der Waals surface area contributed by atoms with Gasteiger partial charge in [-0.2, -0.15) is 11.8 Å². The number of ketones is 1. The number of rotatable bonds is 13. The van der Waals surface area contributed by atoms with Crippen molar-refractivity contribution in [2.75, 3.05) is 24.6 Å². The molecule has 0 radical (unpaired) electrons. The molecule has 0 aromatic carbocycles. The number of urea groups is 1. The molecular formula is C26H39N9O7S. The molecule has 7 N–H and O–H groups in total. The molecule has 17 heteroatoms. The second kappa shape index (κ2) is 13.7. The summed E-state index contributed by atoms with van der Waals surface area (Å²) < 4.78 is 7.54. The molecule has 3 saturated heterocycles. The fourth-order valence-electron chi connectivity index (χ4n) is 5.58. The van der Waals surface area contributed by atoms with Crippen LogP contribution in [0.5, 0.6) is 0 Å². The summed E-state index contributed by atoms with van der Waals surface area (Å²) in [4.78, 5) is 54.4. The van der Waals surface area contributed by atoms with Crippen LogP contribution >= 0.6 is 11.8 Å². The average Bonchev–Trinajstić information content (AvgIpc) is 3.66. The molecule has 2 aromatic rings. The fraction of sp³-hybridized carbons (Fsp3) is 0.692. The number of nitrogens with one attached hydrogen (secondary N) is 3. The Labute approximate surface area is 252 Å². The highest BCUT2D eigenvalue weighted by atomic mass is 32.2. The summed E-state index contributed by atoms with van der Waals surface area (Å²) in [6.07, 6.45) is 1.01. The predicted molar refractivity (Wildman–Crippen MR) is 155 cm³/mol. The number of carbonyl (C=O) groups is 3. The van der Waals surface area contributed by atoms with Gasteiger partial charge in [0.05, 0.1) is 25.0 Å². The number of Topliss-reactive ketones (excluding diaryl/α,β-unsaturated/α-hetero) is 1. The van der Waals surface area contributed by atoms with E-state index in [2.05, 4.69) is 30.9 Å². The molecule has 3 fully saturated rings. The molecule has 5 heterocycles. The molecule has 3 aliphatic rings. The first-order valence-electron chi connectivity index (χ1n) is 14.4. The number of hydroxylamine groups is 2. The van der Waals surface area contributed by atoms with Crippen LogP contribution in [0.15, 0.2) is 12.7 Å². The van der Waals surface area contributed by atoms with Crippen molar-refractivity contribution >= 4 is 46.5 Å². The third-order valence-electron chi connectivity index (χ3n) is 7.73. The molecule has 0 spiro atoms. The van der Waals surface area contributed by atoms with Crippen LogP contribution in [0, 0.1) is 5.92 Å². The smallest absolute Gasteiger partial charge is 0.315 e. The van der Waals surface area contributed by atoms with Crippen molar-refractivity contribution in [1.29, 1.82) is 0 Å².